The van der Waals surface area contributed by atoms with E-state index < -0.39 is 0 Å². The van der Waals surface area contributed by atoms with Gasteiger partial charge in [0.15, 0.2) is 0 Å². The van der Waals surface area contributed by atoms with Crippen LogP contribution in [0.15, 0.2) is 6.07 Å². The van der Waals surface area contributed by atoms with Crippen molar-refractivity contribution in [2.24, 2.45) is 5.92 Å². The van der Waals surface area contributed by atoms with Gasteiger partial charge in [0.2, 0.25) is 0 Å². The Morgan fingerprint density at radius 2 is 2.39 bits per heavy atom. The molecule has 0 spiro atoms. The first-order valence-electron chi connectivity index (χ1n) is 6.43. The van der Waals surface area contributed by atoms with E-state index in [9.17, 15) is 4.79 Å². The smallest absolute Gasteiger partial charge is 0.272 e. The summed E-state index contributed by atoms with van der Waals surface area (Å²) in [6, 6.07) is 1.84. The minimum Gasteiger partial charge on any atom is -0.326 e. The number of carbonyl (C=O) groups is 1. The minimum absolute atomic E-state index is 0.00213. The van der Waals surface area contributed by atoms with Crippen molar-refractivity contribution in [1.29, 1.82) is 0 Å². The number of amides is 1. The van der Waals surface area contributed by atoms with Crippen LogP contribution in [-0.4, -0.2) is 33.7 Å². The van der Waals surface area contributed by atoms with Crippen LogP contribution in [-0.2, 0) is 6.54 Å². The third-order valence-electron chi connectivity index (χ3n) is 3.17. The zero-order valence-corrected chi connectivity index (χ0v) is 11.0. The van der Waals surface area contributed by atoms with Gasteiger partial charge in [0.1, 0.15) is 5.69 Å². The van der Waals surface area contributed by atoms with Gasteiger partial charge in [-0.05, 0) is 38.7 Å². The second-order valence-corrected chi connectivity index (χ2v) is 4.82. The Balaban J connectivity index is 2.17. The molecule has 96 valence electrons. The molecule has 4 heteroatoms. The van der Waals surface area contributed by atoms with Crippen molar-refractivity contribution >= 4 is 5.91 Å². The van der Waals surface area contributed by atoms with Crippen LogP contribution in [0.1, 0.15) is 35.9 Å². The lowest BCUT2D eigenvalue weighted by molar-refractivity contribution is 0.0757. The lowest BCUT2D eigenvalue weighted by Gasteiger charge is -2.20. The molecule has 1 aromatic heterocycles. The second-order valence-electron chi connectivity index (χ2n) is 4.82. The molecule has 0 aromatic carbocycles. The van der Waals surface area contributed by atoms with Crippen LogP contribution in [0.25, 0.3) is 0 Å². The molecule has 1 aliphatic carbocycles. The first-order valence-corrected chi connectivity index (χ1v) is 6.43. The quantitative estimate of drug-likeness (QED) is 0.740. The monoisotopic (exact) mass is 245 g/mol. The Morgan fingerprint density at radius 3 is 2.94 bits per heavy atom. The van der Waals surface area contributed by atoms with Gasteiger partial charge in [-0.3, -0.25) is 9.48 Å². The van der Waals surface area contributed by atoms with Gasteiger partial charge < -0.3 is 4.90 Å². The first-order chi connectivity index (χ1) is 8.65. The highest BCUT2D eigenvalue weighted by atomic mass is 16.2. The molecular weight excluding hydrogens is 226 g/mol. The molecule has 18 heavy (non-hydrogen) atoms. The maximum absolute atomic E-state index is 12.5. The predicted molar refractivity (Wildman–Crippen MR) is 70.1 cm³/mol. The lowest BCUT2D eigenvalue weighted by Crippen LogP contribution is -2.34. The number of terminal acetylenes is 1. The van der Waals surface area contributed by atoms with E-state index in [1.54, 1.807) is 9.58 Å². The highest BCUT2D eigenvalue weighted by Crippen LogP contribution is 2.30. The summed E-state index contributed by atoms with van der Waals surface area (Å²) in [5, 5.41) is 4.31. The summed E-state index contributed by atoms with van der Waals surface area (Å²) in [7, 11) is 0. The molecule has 0 radical (unpaired) electrons. The van der Waals surface area contributed by atoms with Crippen LogP contribution in [0.5, 0.6) is 0 Å². The number of carbonyl (C=O) groups excluding carboxylic acids is 1. The third-order valence-corrected chi connectivity index (χ3v) is 3.17. The topological polar surface area (TPSA) is 38.1 Å². The summed E-state index contributed by atoms with van der Waals surface area (Å²) < 4.78 is 1.74. The van der Waals surface area contributed by atoms with Gasteiger partial charge in [-0.25, -0.2) is 0 Å². The van der Waals surface area contributed by atoms with Gasteiger partial charge in [0, 0.05) is 13.1 Å². The van der Waals surface area contributed by atoms with E-state index in [0.29, 0.717) is 24.7 Å². The van der Waals surface area contributed by atoms with Crippen LogP contribution < -0.4 is 0 Å². The average molecular weight is 245 g/mol. The number of aryl methyl sites for hydroxylation is 2. The Hall–Kier alpha value is -1.76. The number of aromatic nitrogens is 2. The maximum atomic E-state index is 12.5. The zero-order chi connectivity index (χ0) is 13.1. The van der Waals surface area contributed by atoms with Crippen LogP contribution >= 0.6 is 0 Å². The molecule has 0 atom stereocenters. The Labute approximate surface area is 108 Å². The average Bonchev–Trinajstić information content (AvgIpc) is 3.08. The van der Waals surface area contributed by atoms with Crippen LogP contribution in [0.4, 0.5) is 0 Å². The number of nitrogens with zero attached hydrogens (tertiary/aromatic N) is 3. The molecule has 0 saturated heterocycles. The van der Waals surface area contributed by atoms with E-state index in [1.165, 1.54) is 12.8 Å². The van der Waals surface area contributed by atoms with Gasteiger partial charge in [-0.2, -0.15) is 5.10 Å². The van der Waals surface area contributed by atoms with Gasteiger partial charge in [-0.15, -0.1) is 6.42 Å². The molecule has 1 aliphatic rings. The van der Waals surface area contributed by atoms with E-state index in [1.807, 2.05) is 19.9 Å². The van der Waals surface area contributed by atoms with Gasteiger partial charge in [-0.1, -0.05) is 5.92 Å². The third kappa shape index (κ3) is 2.73. The molecule has 1 heterocycles. The van der Waals surface area contributed by atoms with Crippen molar-refractivity contribution < 1.29 is 4.79 Å². The Bertz CT molecular complexity index is 480. The van der Waals surface area contributed by atoms with Gasteiger partial charge in [0.25, 0.3) is 5.91 Å². The highest BCUT2D eigenvalue weighted by Gasteiger charge is 2.28. The molecule has 1 fully saturated rings. The molecule has 4 nitrogen and oxygen atoms in total. The standard InChI is InChI=1S/C14H19N3O/c1-4-8-16(10-12-6-7-12)14(18)13-9-11(3)15-17(13)5-2/h1,9,12H,5-8,10H2,2-3H3. The molecule has 0 N–H and O–H groups in total. The first kappa shape index (κ1) is 12.7. The van der Waals surface area contributed by atoms with Gasteiger partial charge >= 0.3 is 0 Å². The van der Waals surface area contributed by atoms with Crippen molar-refractivity contribution in [3.8, 4) is 12.3 Å². The van der Waals surface area contributed by atoms with Crippen LogP contribution in [0, 0.1) is 25.2 Å². The predicted octanol–water partition coefficient (Wildman–Crippen LogP) is 1.70. The fraction of sp³-hybridized carbons (Fsp3) is 0.571. The summed E-state index contributed by atoms with van der Waals surface area (Å²) in [6.07, 6.45) is 7.77. The maximum Gasteiger partial charge on any atom is 0.272 e. The summed E-state index contributed by atoms with van der Waals surface area (Å²) in [4.78, 5) is 14.2. The molecule has 2 rings (SSSR count). The van der Waals surface area contributed by atoms with Crippen molar-refractivity contribution in [2.75, 3.05) is 13.1 Å². The SMILES string of the molecule is C#CCN(CC1CC1)C(=O)c1cc(C)nn1CC. The Kier molecular flexibility index (Phi) is 3.71. The van der Waals surface area contributed by atoms with Crippen molar-refractivity contribution in [3.63, 3.8) is 0 Å². The summed E-state index contributed by atoms with van der Waals surface area (Å²) in [5.74, 6) is 3.21. The van der Waals surface area contributed by atoms with E-state index in [-0.39, 0.29) is 5.91 Å². The van der Waals surface area contributed by atoms with Gasteiger partial charge in [0.05, 0.1) is 12.2 Å². The normalized spacial score (nSPS) is 14.3. The number of hydrogen-bond donors (Lipinski definition) is 0. The molecule has 0 unspecified atom stereocenters. The lowest BCUT2D eigenvalue weighted by atomic mass is 10.3. The number of rotatable bonds is 5. The zero-order valence-electron chi connectivity index (χ0n) is 11.0. The van der Waals surface area contributed by atoms with Crippen molar-refractivity contribution in [2.45, 2.75) is 33.2 Å². The largest absolute Gasteiger partial charge is 0.326 e. The fourth-order valence-electron chi connectivity index (χ4n) is 2.06. The van der Waals surface area contributed by atoms with E-state index in [0.717, 1.165) is 12.2 Å². The molecule has 0 aliphatic heterocycles. The second kappa shape index (κ2) is 5.26. The van der Waals surface area contributed by atoms with E-state index in [4.69, 9.17) is 6.42 Å². The molecule has 0 bridgehead atoms. The van der Waals surface area contributed by atoms with Crippen molar-refractivity contribution in [3.05, 3.63) is 17.5 Å². The van der Waals surface area contributed by atoms with E-state index in [2.05, 4.69) is 11.0 Å². The molecule has 1 saturated carbocycles. The van der Waals surface area contributed by atoms with E-state index >= 15 is 0 Å². The summed E-state index contributed by atoms with van der Waals surface area (Å²) >= 11 is 0. The molecule has 1 amide bonds. The summed E-state index contributed by atoms with van der Waals surface area (Å²) in [6.45, 7) is 5.73. The number of hydrogen-bond acceptors (Lipinski definition) is 2. The summed E-state index contributed by atoms with van der Waals surface area (Å²) in [5.41, 5.74) is 1.51. The minimum atomic E-state index is 0.00213. The van der Waals surface area contributed by atoms with Crippen molar-refractivity contribution in [1.82, 2.24) is 14.7 Å². The van der Waals surface area contributed by atoms with Crippen LogP contribution in [0.2, 0.25) is 0 Å². The Morgan fingerprint density at radius 1 is 1.67 bits per heavy atom. The molecule has 1 aromatic rings. The van der Waals surface area contributed by atoms with Crippen LogP contribution in [0.3, 0.4) is 0 Å². The molecular formula is C14H19N3O. The highest BCUT2D eigenvalue weighted by molar-refractivity contribution is 5.93. The fourth-order valence-corrected chi connectivity index (χ4v) is 2.06.